The Bertz CT molecular complexity index is 458. The van der Waals surface area contributed by atoms with Crippen LogP contribution in [0, 0.1) is 0 Å². The summed E-state index contributed by atoms with van der Waals surface area (Å²) in [4.78, 5) is 11.6. The van der Waals surface area contributed by atoms with Gasteiger partial charge in [0.1, 0.15) is 0 Å². The number of hydrogen-bond donors (Lipinski definition) is 3. The van der Waals surface area contributed by atoms with E-state index < -0.39 is 6.10 Å². The van der Waals surface area contributed by atoms with Crippen molar-refractivity contribution in [1.82, 2.24) is 10.6 Å². The summed E-state index contributed by atoms with van der Waals surface area (Å²) in [5.41, 5.74) is 0.417. The van der Waals surface area contributed by atoms with Gasteiger partial charge >= 0.3 is 6.03 Å². The molecule has 3 N–H and O–H groups in total. The first-order valence-electron chi connectivity index (χ1n) is 6.32. The fourth-order valence-electron chi connectivity index (χ4n) is 2.01. The van der Waals surface area contributed by atoms with Crippen LogP contribution in [0.25, 0.3) is 0 Å². The predicted molar refractivity (Wildman–Crippen MR) is 77.2 cm³/mol. The van der Waals surface area contributed by atoms with Crippen LogP contribution >= 0.6 is 23.2 Å². The maximum absolute atomic E-state index is 11.6. The largest absolute Gasteiger partial charge is 0.386 e. The maximum atomic E-state index is 11.6. The number of hydrogen-bond acceptors (Lipinski definition) is 3. The molecule has 20 heavy (non-hydrogen) atoms. The van der Waals surface area contributed by atoms with Gasteiger partial charge in [-0.3, -0.25) is 0 Å². The Kier molecular flexibility index (Phi) is 5.48. The first-order valence-corrected chi connectivity index (χ1v) is 7.07. The Balaban J connectivity index is 1.85. The minimum absolute atomic E-state index is 0.0241. The van der Waals surface area contributed by atoms with E-state index in [4.69, 9.17) is 27.9 Å². The van der Waals surface area contributed by atoms with E-state index in [9.17, 15) is 9.90 Å². The second-order valence-electron chi connectivity index (χ2n) is 4.57. The molecule has 7 heteroatoms. The van der Waals surface area contributed by atoms with E-state index in [1.807, 2.05) is 0 Å². The van der Waals surface area contributed by atoms with E-state index >= 15 is 0 Å². The van der Waals surface area contributed by atoms with Gasteiger partial charge in [-0.25, -0.2) is 4.79 Å². The molecule has 2 amide bonds. The zero-order valence-electron chi connectivity index (χ0n) is 10.7. The zero-order chi connectivity index (χ0) is 14.5. The van der Waals surface area contributed by atoms with Gasteiger partial charge in [0.05, 0.1) is 18.8 Å². The highest BCUT2D eigenvalue weighted by atomic mass is 35.5. The van der Waals surface area contributed by atoms with Crippen molar-refractivity contribution < 1.29 is 14.6 Å². The van der Waals surface area contributed by atoms with Gasteiger partial charge in [0.25, 0.3) is 0 Å². The number of urea groups is 1. The number of aliphatic hydroxyl groups is 1. The van der Waals surface area contributed by atoms with Gasteiger partial charge in [0.2, 0.25) is 0 Å². The van der Waals surface area contributed by atoms with Crippen LogP contribution in [0.5, 0.6) is 0 Å². The molecule has 2 unspecified atom stereocenters. The topological polar surface area (TPSA) is 70.6 Å². The van der Waals surface area contributed by atoms with Crippen LogP contribution in [0.1, 0.15) is 18.1 Å². The third-order valence-corrected chi connectivity index (χ3v) is 3.71. The lowest BCUT2D eigenvalue weighted by Gasteiger charge is -2.17. The summed E-state index contributed by atoms with van der Waals surface area (Å²) in [5.74, 6) is 0. The summed E-state index contributed by atoms with van der Waals surface area (Å²) in [7, 11) is 0. The van der Waals surface area contributed by atoms with Gasteiger partial charge < -0.3 is 20.5 Å². The minimum atomic E-state index is -0.957. The average molecular weight is 319 g/mol. The fourth-order valence-corrected chi connectivity index (χ4v) is 2.65. The molecule has 1 aliphatic heterocycles. The quantitative estimate of drug-likeness (QED) is 0.796. The molecule has 1 fully saturated rings. The van der Waals surface area contributed by atoms with Crippen molar-refractivity contribution in [1.29, 1.82) is 0 Å². The molecule has 0 spiro atoms. The summed E-state index contributed by atoms with van der Waals surface area (Å²) in [6.45, 7) is 1.21. The predicted octanol–water partition coefficient (Wildman–Crippen LogP) is 2.11. The number of carbonyl (C=O) groups excluding carboxylic acids is 1. The van der Waals surface area contributed by atoms with Gasteiger partial charge in [0, 0.05) is 28.8 Å². The molecular weight excluding hydrogens is 303 g/mol. The average Bonchev–Trinajstić information content (AvgIpc) is 2.89. The highest BCUT2D eigenvalue weighted by Crippen LogP contribution is 2.29. The first-order chi connectivity index (χ1) is 9.58. The van der Waals surface area contributed by atoms with Crippen molar-refractivity contribution in [2.75, 3.05) is 19.8 Å². The third-order valence-electron chi connectivity index (χ3n) is 3.05. The summed E-state index contributed by atoms with van der Waals surface area (Å²) in [6, 6.07) is 4.66. The molecule has 1 saturated heterocycles. The van der Waals surface area contributed by atoms with Gasteiger partial charge in [-0.2, -0.15) is 0 Å². The standard InChI is InChI=1S/C13H16Cl2N2O3/c14-9-2-1-3-10(15)12(9)11(18)6-16-13(19)17-8-4-5-20-7-8/h1-3,8,11,18H,4-7H2,(H2,16,17,19). The number of carbonyl (C=O) groups is 1. The molecule has 1 aromatic carbocycles. The molecule has 0 radical (unpaired) electrons. The van der Waals surface area contributed by atoms with Crippen molar-refractivity contribution in [2.24, 2.45) is 0 Å². The summed E-state index contributed by atoms with van der Waals surface area (Å²) in [6.07, 6.45) is -0.159. The smallest absolute Gasteiger partial charge is 0.315 e. The summed E-state index contributed by atoms with van der Waals surface area (Å²) >= 11 is 12.0. The molecule has 0 bridgehead atoms. The third kappa shape index (κ3) is 3.99. The SMILES string of the molecule is O=C(NCC(O)c1c(Cl)cccc1Cl)NC1CCOC1. The lowest BCUT2D eigenvalue weighted by atomic mass is 10.1. The summed E-state index contributed by atoms with van der Waals surface area (Å²) < 4.78 is 5.16. The molecule has 2 rings (SSSR count). The molecule has 2 atom stereocenters. The number of ether oxygens (including phenoxy) is 1. The van der Waals surface area contributed by atoms with E-state index in [-0.39, 0.29) is 18.6 Å². The van der Waals surface area contributed by atoms with Crippen LogP contribution in [-0.2, 0) is 4.74 Å². The zero-order valence-corrected chi connectivity index (χ0v) is 12.2. The molecule has 110 valence electrons. The highest BCUT2D eigenvalue weighted by Gasteiger charge is 2.19. The van der Waals surface area contributed by atoms with Crippen molar-refractivity contribution in [2.45, 2.75) is 18.6 Å². The monoisotopic (exact) mass is 318 g/mol. The van der Waals surface area contributed by atoms with Crippen molar-refractivity contribution >= 4 is 29.2 Å². The number of halogens is 2. The molecule has 1 aliphatic rings. The summed E-state index contributed by atoms with van der Waals surface area (Å²) in [5, 5.41) is 16.2. The Labute approximate surface area is 127 Å². The number of aliphatic hydroxyl groups excluding tert-OH is 1. The molecule has 1 aromatic rings. The second kappa shape index (κ2) is 7.13. The molecular formula is C13H16Cl2N2O3. The van der Waals surface area contributed by atoms with Crippen LogP contribution < -0.4 is 10.6 Å². The van der Waals surface area contributed by atoms with Gasteiger partial charge in [0.15, 0.2) is 0 Å². The highest BCUT2D eigenvalue weighted by molar-refractivity contribution is 6.36. The van der Waals surface area contributed by atoms with Gasteiger partial charge in [-0.1, -0.05) is 29.3 Å². The van der Waals surface area contributed by atoms with Crippen molar-refractivity contribution in [3.8, 4) is 0 Å². The van der Waals surface area contributed by atoms with Gasteiger partial charge in [-0.05, 0) is 18.6 Å². The number of amides is 2. The van der Waals surface area contributed by atoms with E-state index in [0.29, 0.717) is 28.8 Å². The molecule has 5 nitrogen and oxygen atoms in total. The Hall–Kier alpha value is -1.01. The van der Waals surface area contributed by atoms with Crippen LogP contribution in [0.15, 0.2) is 18.2 Å². The van der Waals surface area contributed by atoms with Crippen LogP contribution in [0.3, 0.4) is 0 Å². The first kappa shape index (κ1) is 15.4. The van der Waals surface area contributed by atoms with Crippen LogP contribution in [0.4, 0.5) is 4.79 Å². The Morgan fingerprint density at radius 3 is 2.75 bits per heavy atom. The van der Waals surface area contributed by atoms with Gasteiger partial charge in [-0.15, -0.1) is 0 Å². The van der Waals surface area contributed by atoms with Crippen LogP contribution in [-0.4, -0.2) is 36.9 Å². The van der Waals surface area contributed by atoms with Crippen LogP contribution in [0.2, 0.25) is 10.0 Å². The number of nitrogens with one attached hydrogen (secondary N) is 2. The molecule has 0 aliphatic carbocycles. The molecule has 1 heterocycles. The lowest BCUT2D eigenvalue weighted by Crippen LogP contribution is -2.43. The van der Waals surface area contributed by atoms with E-state index in [0.717, 1.165) is 6.42 Å². The number of benzene rings is 1. The Morgan fingerprint density at radius 2 is 2.15 bits per heavy atom. The number of rotatable bonds is 4. The maximum Gasteiger partial charge on any atom is 0.315 e. The van der Waals surface area contributed by atoms with E-state index in [2.05, 4.69) is 10.6 Å². The lowest BCUT2D eigenvalue weighted by molar-refractivity contribution is 0.170. The van der Waals surface area contributed by atoms with E-state index in [1.54, 1.807) is 18.2 Å². The second-order valence-corrected chi connectivity index (χ2v) is 5.38. The normalized spacial score (nSPS) is 19.6. The Morgan fingerprint density at radius 1 is 1.45 bits per heavy atom. The fraction of sp³-hybridized carbons (Fsp3) is 0.462. The molecule has 0 saturated carbocycles. The van der Waals surface area contributed by atoms with Crippen molar-refractivity contribution in [3.63, 3.8) is 0 Å². The van der Waals surface area contributed by atoms with Crippen molar-refractivity contribution in [3.05, 3.63) is 33.8 Å². The minimum Gasteiger partial charge on any atom is -0.386 e. The van der Waals surface area contributed by atoms with E-state index in [1.165, 1.54) is 0 Å². The molecule has 0 aromatic heterocycles.